The third kappa shape index (κ3) is 6.11. The summed E-state index contributed by atoms with van der Waals surface area (Å²) in [5.41, 5.74) is 2.70. The number of nitrogens with zero attached hydrogens (tertiary/aromatic N) is 2. The number of benzene rings is 3. The number of halogens is 2. The molecule has 188 valence electrons. The Bertz CT molecular complexity index is 1400. The molecule has 1 fully saturated rings. The van der Waals surface area contributed by atoms with Gasteiger partial charge in [-0.15, -0.1) is 0 Å². The van der Waals surface area contributed by atoms with Gasteiger partial charge in [0.2, 0.25) is 5.91 Å². The second-order valence-corrected chi connectivity index (χ2v) is 10.3. The fraction of sp³-hybridized carbons (Fsp3) is 0.179. The number of nitriles is 1. The lowest BCUT2D eigenvalue weighted by atomic mass is 10.1. The number of rotatable bonds is 7. The van der Waals surface area contributed by atoms with Gasteiger partial charge < -0.3 is 10.1 Å². The van der Waals surface area contributed by atoms with Crippen LogP contribution in [0.4, 0.5) is 11.4 Å². The number of nitrogens with one attached hydrogen (secondary N) is 1. The predicted molar refractivity (Wildman–Crippen MR) is 149 cm³/mol. The minimum atomic E-state index is -0.601. The summed E-state index contributed by atoms with van der Waals surface area (Å²) in [7, 11) is 0. The molecule has 1 atom stereocenters. The van der Waals surface area contributed by atoms with Crippen LogP contribution in [-0.2, 0) is 16.0 Å². The molecule has 0 bridgehead atoms. The lowest BCUT2D eigenvalue weighted by molar-refractivity contribution is -0.117. The summed E-state index contributed by atoms with van der Waals surface area (Å²) in [5.74, 6) is -0.202. The van der Waals surface area contributed by atoms with Crippen molar-refractivity contribution in [1.29, 1.82) is 5.26 Å². The third-order valence-electron chi connectivity index (χ3n) is 5.64. The first-order chi connectivity index (χ1) is 17.8. The normalized spacial score (nSPS) is 16.4. The number of carbonyl (C=O) groups is 2. The van der Waals surface area contributed by atoms with Gasteiger partial charge in [-0.2, -0.15) is 5.26 Å². The van der Waals surface area contributed by atoms with Gasteiger partial charge in [-0.25, -0.2) is 0 Å². The molecule has 0 aliphatic carbocycles. The molecule has 1 aliphatic heterocycles. The van der Waals surface area contributed by atoms with Crippen LogP contribution in [-0.4, -0.2) is 23.7 Å². The highest BCUT2D eigenvalue weighted by atomic mass is 35.5. The van der Waals surface area contributed by atoms with Crippen LogP contribution in [0.3, 0.4) is 0 Å². The molecular weight excluding hydrogens is 529 g/mol. The molecule has 3 aromatic carbocycles. The first kappa shape index (κ1) is 26.6. The molecule has 1 aliphatic rings. The topological polar surface area (TPSA) is 82.4 Å². The van der Waals surface area contributed by atoms with Crippen molar-refractivity contribution in [2.24, 2.45) is 0 Å². The van der Waals surface area contributed by atoms with Gasteiger partial charge in [0, 0.05) is 21.4 Å². The Morgan fingerprint density at radius 1 is 1.11 bits per heavy atom. The van der Waals surface area contributed by atoms with Crippen molar-refractivity contribution in [3.8, 4) is 11.8 Å². The number of hydrogen-bond donors (Lipinski definition) is 1. The maximum absolute atomic E-state index is 13.7. The van der Waals surface area contributed by atoms with E-state index in [1.807, 2.05) is 32.0 Å². The van der Waals surface area contributed by atoms with Crippen LogP contribution in [0.2, 0.25) is 10.0 Å². The molecule has 2 amide bonds. The van der Waals surface area contributed by atoms with E-state index in [-0.39, 0.29) is 16.5 Å². The van der Waals surface area contributed by atoms with Crippen LogP contribution in [0.1, 0.15) is 18.1 Å². The van der Waals surface area contributed by atoms with Crippen molar-refractivity contribution in [1.82, 2.24) is 0 Å². The molecule has 0 radical (unpaired) electrons. The summed E-state index contributed by atoms with van der Waals surface area (Å²) < 4.78 is 5.52. The second kappa shape index (κ2) is 11.7. The number of amides is 2. The van der Waals surface area contributed by atoms with Crippen molar-refractivity contribution in [2.75, 3.05) is 16.8 Å². The number of carbonyl (C=O) groups excluding carboxylic acids is 2. The monoisotopic (exact) mass is 551 g/mol. The molecule has 0 saturated carbocycles. The van der Waals surface area contributed by atoms with E-state index in [2.05, 4.69) is 5.32 Å². The largest absolute Gasteiger partial charge is 0.494 e. The van der Waals surface area contributed by atoms with Crippen molar-refractivity contribution in [2.45, 2.75) is 25.5 Å². The number of anilines is 2. The van der Waals surface area contributed by atoms with Gasteiger partial charge in [-0.05, 0) is 74.4 Å². The molecule has 0 spiro atoms. The van der Waals surface area contributed by atoms with Crippen molar-refractivity contribution in [3.63, 3.8) is 0 Å². The van der Waals surface area contributed by atoms with Gasteiger partial charge in [0.15, 0.2) is 0 Å². The number of thioether (sulfide) groups is 1. The van der Waals surface area contributed by atoms with Crippen molar-refractivity contribution >= 4 is 58.2 Å². The average molecular weight is 552 g/mol. The minimum absolute atomic E-state index is 0.155. The van der Waals surface area contributed by atoms with E-state index in [9.17, 15) is 14.9 Å². The SMILES string of the molecule is CCOc1ccc(N2C(=O)C(Cc3ccc(Cl)cc3Cl)S/C2=C(/C#N)C(=O)Nc2ccc(C)cc2)cc1. The quantitative estimate of drug-likeness (QED) is 0.259. The van der Waals surface area contributed by atoms with E-state index in [1.165, 1.54) is 16.7 Å². The maximum atomic E-state index is 13.7. The molecule has 4 rings (SSSR count). The molecule has 3 aromatic rings. The lowest BCUT2D eigenvalue weighted by Crippen LogP contribution is -2.31. The van der Waals surface area contributed by atoms with E-state index in [0.717, 1.165) is 11.1 Å². The first-order valence-corrected chi connectivity index (χ1v) is 13.1. The van der Waals surface area contributed by atoms with E-state index in [0.29, 0.717) is 40.2 Å². The Balaban J connectivity index is 1.72. The summed E-state index contributed by atoms with van der Waals surface area (Å²) in [6, 6.07) is 21.3. The van der Waals surface area contributed by atoms with Gasteiger partial charge in [0.1, 0.15) is 22.4 Å². The Morgan fingerprint density at radius 2 is 1.81 bits per heavy atom. The lowest BCUT2D eigenvalue weighted by Gasteiger charge is -2.19. The Labute approximate surface area is 229 Å². The molecular formula is C28H23Cl2N3O3S. The Morgan fingerprint density at radius 3 is 2.43 bits per heavy atom. The van der Waals surface area contributed by atoms with Crippen molar-refractivity contribution < 1.29 is 14.3 Å². The van der Waals surface area contributed by atoms with Gasteiger partial charge in [0.25, 0.3) is 5.91 Å². The predicted octanol–water partition coefficient (Wildman–Crippen LogP) is 6.77. The molecule has 1 heterocycles. The third-order valence-corrected chi connectivity index (χ3v) is 7.49. The Kier molecular flexibility index (Phi) is 8.45. The summed E-state index contributed by atoms with van der Waals surface area (Å²) in [6.07, 6.45) is 0.300. The van der Waals surface area contributed by atoms with Gasteiger partial charge >= 0.3 is 0 Å². The van der Waals surface area contributed by atoms with Crippen LogP contribution < -0.4 is 15.0 Å². The maximum Gasteiger partial charge on any atom is 0.269 e. The molecule has 9 heteroatoms. The fourth-order valence-corrected chi connectivity index (χ4v) is 5.58. The van der Waals surface area contributed by atoms with E-state index in [4.69, 9.17) is 27.9 Å². The standard InChI is InChI=1S/C28H23Cl2N3O3S/c1-3-36-22-12-10-21(11-13-22)33-27(35)25(14-18-6-7-19(29)15-24(18)30)37-28(33)23(16-31)26(34)32-20-8-4-17(2)5-9-20/h4-13,15,25H,3,14H2,1-2H3,(H,32,34)/b28-23-. The molecule has 6 nitrogen and oxygen atoms in total. The summed E-state index contributed by atoms with van der Waals surface area (Å²) in [4.78, 5) is 28.3. The zero-order chi connectivity index (χ0) is 26.5. The summed E-state index contributed by atoms with van der Waals surface area (Å²) in [6.45, 7) is 4.33. The molecule has 1 unspecified atom stereocenters. The van der Waals surface area contributed by atoms with E-state index in [1.54, 1.807) is 54.6 Å². The zero-order valence-electron chi connectivity index (χ0n) is 20.1. The van der Waals surface area contributed by atoms with Crippen LogP contribution in [0.15, 0.2) is 77.3 Å². The second-order valence-electron chi connectivity index (χ2n) is 8.26. The van der Waals surface area contributed by atoms with Crippen molar-refractivity contribution in [3.05, 3.63) is 98.5 Å². The van der Waals surface area contributed by atoms with Gasteiger partial charge in [0.05, 0.1) is 11.9 Å². The Hall–Kier alpha value is -3.44. The van der Waals surface area contributed by atoms with E-state index >= 15 is 0 Å². The van der Waals surface area contributed by atoms with Gasteiger partial charge in [-0.3, -0.25) is 14.5 Å². The van der Waals surface area contributed by atoms with Crippen LogP contribution >= 0.6 is 35.0 Å². The molecule has 37 heavy (non-hydrogen) atoms. The van der Waals surface area contributed by atoms with Crippen LogP contribution in [0.25, 0.3) is 0 Å². The zero-order valence-corrected chi connectivity index (χ0v) is 22.5. The smallest absolute Gasteiger partial charge is 0.269 e. The highest BCUT2D eigenvalue weighted by molar-refractivity contribution is 8.05. The average Bonchev–Trinajstić information content (AvgIpc) is 3.19. The summed E-state index contributed by atoms with van der Waals surface area (Å²) >= 11 is 13.6. The minimum Gasteiger partial charge on any atom is -0.494 e. The fourth-order valence-electron chi connectivity index (χ4n) is 3.80. The van der Waals surface area contributed by atoms with Crippen LogP contribution in [0.5, 0.6) is 5.75 Å². The number of aryl methyl sites for hydroxylation is 1. The highest BCUT2D eigenvalue weighted by Crippen LogP contribution is 2.43. The summed E-state index contributed by atoms with van der Waals surface area (Å²) in [5, 5.41) is 13.4. The van der Waals surface area contributed by atoms with E-state index < -0.39 is 11.2 Å². The number of ether oxygens (including phenoxy) is 1. The highest BCUT2D eigenvalue weighted by Gasteiger charge is 2.41. The van der Waals surface area contributed by atoms with Gasteiger partial charge in [-0.1, -0.05) is 58.7 Å². The van der Waals surface area contributed by atoms with Crippen LogP contribution in [0, 0.1) is 18.3 Å². The number of hydrogen-bond acceptors (Lipinski definition) is 5. The molecule has 1 N–H and O–H groups in total. The first-order valence-electron chi connectivity index (χ1n) is 11.5. The molecule has 0 aromatic heterocycles. The molecule has 1 saturated heterocycles.